The van der Waals surface area contributed by atoms with Crippen LogP contribution in [0.5, 0.6) is 0 Å². The molecule has 0 bridgehead atoms. The summed E-state index contributed by atoms with van der Waals surface area (Å²) in [5.41, 5.74) is 6.87. The Balaban J connectivity index is 1.37. The summed E-state index contributed by atoms with van der Waals surface area (Å²) in [6.45, 7) is 3.21. The predicted molar refractivity (Wildman–Crippen MR) is 120 cm³/mol. The van der Waals surface area contributed by atoms with Gasteiger partial charge in [-0.25, -0.2) is 9.97 Å². The van der Waals surface area contributed by atoms with Gasteiger partial charge in [0, 0.05) is 31.4 Å². The van der Waals surface area contributed by atoms with Crippen molar-refractivity contribution in [3.8, 4) is 11.1 Å². The van der Waals surface area contributed by atoms with Crippen molar-refractivity contribution < 1.29 is 9.90 Å². The molecule has 2 fully saturated rings. The van der Waals surface area contributed by atoms with E-state index >= 15 is 0 Å². The smallest absolute Gasteiger partial charge is 0.291 e. The quantitative estimate of drug-likeness (QED) is 0.671. The lowest BCUT2D eigenvalue weighted by Crippen LogP contribution is -2.30. The van der Waals surface area contributed by atoms with E-state index in [1.54, 1.807) is 12.4 Å². The standard InChI is InChI=1S/C26H27N3O2/c1-17-13-27-25(28-14-17)26(31)29-11-10-20(15-29)22-9-8-19(12-21(22)16-30)24-5-3-2-4-23(24)18-6-7-18/h2-5,8-9,12-14,18,20,30H,6-7,10-11,15-16H2,1H3. The Hall–Kier alpha value is -3.05. The highest BCUT2D eigenvalue weighted by atomic mass is 16.3. The van der Waals surface area contributed by atoms with Crippen LogP contribution >= 0.6 is 0 Å². The number of aromatic nitrogens is 2. The van der Waals surface area contributed by atoms with Gasteiger partial charge in [0.15, 0.2) is 0 Å². The zero-order chi connectivity index (χ0) is 21.4. The number of hydrogen-bond acceptors (Lipinski definition) is 4. The van der Waals surface area contributed by atoms with Gasteiger partial charge >= 0.3 is 0 Å². The minimum Gasteiger partial charge on any atom is -0.392 e. The lowest BCUT2D eigenvalue weighted by atomic mass is 9.89. The van der Waals surface area contributed by atoms with Gasteiger partial charge in [0.05, 0.1) is 6.61 Å². The van der Waals surface area contributed by atoms with Gasteiger partial charge in [0.2, 0.25) is 5.82 Å². The Morgan fingerprint density at radius 2 is 1.81 bits per heavy atom. The first kappa shape index (κ1) is 19.9. The van der Waals surface area contributed by atoms with Crippen LogP contribution in [0.1, 0.15) is 64.0 Å². The molecule has 5 heteroatoms. The zero-order valence-electron chi connectivity index (χ0n) is 17.8. The fourth-order valence-corrected chi connectivity index (χ4v) is 4.66. The summed E-state index contributed by atoms with van der Waals surface area (Å²) >= 11 is 0. The van der Waals surface area contributed by atoms with Crippen LogP contribution < -0.4 is 0 Å². The van der Waals surface area contributed by atoms with E-state index in [1.807, 2.05) is 11.8 Å². The molecule has 1 aromatic heterocycles. The normalized spacial score (nSPS) is 18.4. The molecule has 1 N–H and O–H groups in total. The van der Waals surface area contributed by atoms with Gasteiger partial charge < -0.3 is 10.0 Å². The molecule has 1 amide bonds. The van der Waals surface area contributed by atoms with Crippen LogP contribution in [0.2, 0.25) is 0 Å². The van der Waals surface area contributed by atoms with E-state index in [4.69, 9.17) is 0 Å². The lowest BCUT2D eigenvalue weighted by Gasteiger charge is -2.18. The van der Waals surface area contributed by atoms with Crippen LogP contribution in [0.25, 0.3) is 11.1 Å². The van der Waals surface area contributed by atoms with E-state index in [9.17, 15) is 9.90 Å². The molecule has 2 aromatic carbocycles. The summed E-state index contributed by atoms with van der Waals surface area (Å²) in [6.07, 6.45) is 6.76. The van der Waals surface area contributed by atoms with E-state index in [-0.39, 0.29) is 24.3 Å². The molecule has 1 unspecified atom stereocenters. The number of carbonyl (C=O) groups is 1. The van der Waals surface area contributed by atoms with Gasteiger partial charge in [-0.3, -0.25) is 4.79 Å². The second kappa shape index (κ2) is 8.23. The molecular weight excluding hydrogens is 386 g/mol. The number of hydrogen-bond donors (Lipinski definition) is 1. The molecule has 158 valence electrons. The maximum Gasteiger partial charge on any atom is 0.291 e. The molecule has 31 heavy (non-hydrogen) atoms. The minimum atomic E-state index is -0.122. The van der Waals surface area contributed by atoms with Crippen molar-refractivity contribution in [1.29, 1.82) is 0 Å². The molecule has 1 atom stereocenters. The Kier molecular flexibility index (Phi) is 5.28. The number of carbonyl (C=O) groups excluding carboxylic acids is 1. The molecule has 1 aliphatic carbocycles. The molecule has 2 aliphatic rings. The second-order valence-electron chi connectivity index (χ2n) is 8.75. The average molecular weight is 414 g/mol. The van der Waals surface area contributed by atoms with E-state index in [1.165, 1.54) is 24.0 Å². The summed E-state index contributed by atoms with van der Waals surface area (Å²) in [4.78, 5) is 23.0. The number of amides is 1. The molecule has 1 saturated heterocycles. The van der Waals surface area contributed by atoms with Crippen molar-refractivity contribution in [2.75, 3.05) is 13.1 Å². The second-order valence-corrected chi connectivity index (χ2v) is 8.75. The SMILES string of the molecule is Cc1cnc(C(=O)N2CCC(c3ccc(-c4ccccc4C4CC4)cc3CO)C2)nc1. The van der Waals surface area contributed by atoms with Crippen molar-refractivity contribution in [1.82, 2.24) is 14.9 Å². The Labute approximate surface area is 182 Å². The van der Waals surface area contributed by atoms with Crippen LogP contribution in [-0.2, 0) is 6.61 Å². The van der Waals surface area contributed by atoms with Gasteiger partial charge in [0.1, 0.15) is 0 Å². The number of aryl methyl sites for hydroxylation is 1. The molecule has 5 rings (SSSR count). The van der Waals surface area contributed by atoms with E-state index < -0.39 is 0 Å². The van der Waals surface area contributed by atoms with E-state index in [2.05, 4.69) is 52.4 Å². The molecule has 0 spiro atoms. The van der Waals surface area contributed by atoms with Gasteiger partial charge in [-0.05, 0) is 71.6 Å². The van der Waals surface area contributed by atoms with Gasteiger partial charge in [-0.2, -0.15) is 0 Å². The highest BCUT2D eigenvalue weighted by Crippen LogP contribution is 2.44. The first-order chi connectivity index (χ1) is 15.1. The number of likely N-dealkylation sites (tertiary alicyclic amines) is 1. The summed E-state index contributed by atoms with van der Waals surface area (Å²) in [6, 6.07) is 15.1. The number of nitrogens with zero attached hydrogens (tertiary/aromatic N) is 3. The van der Waals surface area contributed by atoms with Gasteiger partial charge in [-0.1, -0.05) is 36.4 Å². The summed E-state index contributed by atoms with van der Waals surface area (Å²) in [7, 11) is 0. The third-order valence-electron chi connectivity index (χ3n) is 6.49. The van der Waals surface area contributed by atoms with E-state index in [0.29, 0.717) is 19.0 Å². The first-order valence-corrected chi connectivity index (χ1v) is 11.0. The number of aliphatic hydroxyl groups is 1. The molecular formula is C26H27N3O2. The van der Waals surface area contributed by atoms with Crippen molar-refractivity contribution in [3.63, 3.8) is 0 Å². The number of aliphatic hydroxyl groups excluding tert-OH is 1. The predicted octanol–water partition coefficient (Wildman–Crippen LogP) is 4.45. The molecule has 1 saturated carbocycles. The van der Waals surface area contributed by atoms with Crippen molar-refractivity contribution in [2.45, 2.75) is 44.6 Å². The fraction of sp³-hybridized carbons (Fsp3) is 0.346. The Morgan fingerprint density at radius 3 is 2.55 bits per heavy atom. The van der Waals surface area contributed by atoms with Crippen LogP contribution in [0, 0.1) is 6.92 Å². The zero-order valence-corrected chi connectivity index (χ0v) is 17.8. The van der Waals surface area contributed by atoms with Crippen LogP contribution in [0.3, 0.4) is 0 Å². The summed E-state index contributed by atoms with van der Waals surface area (Å²) in [5.74, 6) is 1.01. The highest BCUT2D eigenvalue weighted by Gasteiger charge is 2.31. The average Bonchev–Trinajstić information content (AvgIpc) is 3.55. The van der Waals surface area contributed by atoms with Gasteiger partial charge in [0.25, 0.3) is 5.91 Å². The highest BCUT2D eigenvalue weighted by molar-refractivity contribution is 5.90. The van der Waals surface area contributed by atoms with E-state index in [0.717, 1.165) is 28.7 Å². The minimum absolute atomic E-state index is 0.000286. The maximum absolute atomic E-state index is 12.8. The van der Waals surface area contributed by atoms with Crippen LogP contribution in [-0.4, -0.2) is 39.0 Å². The third-order valence-corrected chi connectivity index (χ3v) is 6.49. The summed E-state index contributed by atoms with van der Waals surface area (Å²) < 4.78 is 0. The molecule has 1 aliphatic heterocycles. The lowest BCUT2D eigenvalue weighted by molar-refractivity contribution is 0.0778. The van der Waals surface area contributed by atoms with Crippen LogP contribution in [0.4, 0.5) is 0 Å². The molecule has 3 aromatic rings. The van der Waals surface area contributed by atoms with Gasteiger partial charge in [-0.15, -0.1) is 0 Å². The molecule has 5 nitrogen and oxygen atoms in total. The fourth-order valence-electron chi connectivity index (χ4n) is 4.66. The van der Waals surface area contributed by atoms with Crippen molar-refractivity contribution in [3.05, 3.63) is 82.9 Å². The third kappa shape index (κ3) is 3.98. The largest absolute Gasteiger partial charge is 0.392 e. The Bertz CT molecular complexity index is 1110. The molecule has 0 radical (unpaired) electrons. The van der Waals surface area contributed by atoms with Crippen molar-refractivity contribution >= 4 is 5.91 Å². The Morgan fingerprint density at radius 1 is 1.03 bits per heavy atom. The maximum atomic E-state index is 12.8. The number of rotatable bonds is 5. The summed E-state index contributed by atoms with van der Waals surface area (Å²) in [5, 5.41) is 10.1. The van der Waals surface area contributed by atoms with Crippen LogP contribution in [0.15, 0.2) is 54.9 Å². The molecule has 2 heterocycles. The van der Waals surface area contributed by atoms with Crippen molar-refractivity contribution in [2.24, 2.45) is 0 Å². The first-order valence-electron chi connectivity index (χ1n) is 11.0. The number of benzene rings is 2. The topological polar surface area (TPSA) is 66.3 Å². The monoisotopic (exact) mass is 413 g/mol.